The molecule has 0 aromatic heterocycles. The number of hydrogen-bond acceptors (Lipinski definition) is 4. The molecule has 0 aliphatic carbocycles. The van der Waals surface area contributed by atoms with Gasteiger partial charge in [0.1, 0.15) is 9.84 Å². The number of carbonyl (C=O) groups is 2. The van der Waals surface area contributed by atoms with E-state index in [1.807, 2.05) is 6.07 Å². The quantitative estimate of drug-likeness (QED) is 0.858. The summed E-state index contributed by atoms with van der Waals surface area (Å²) in [6.07, 6.45) is 3.24. The number of rotatable bonds is 5. The monoisotopic (exact) mass is 366 g/mol. The van der Waals surface area contributed by atoms with E-state index in [2.05, 4.69) is 5.32 Å². The molecule has 1 N–H and O–H groups in total. The molecule has 25 heavy (non-hydrogen) atoms. The van der Waals surface area contributed by atoms with Crippen LogP contribution in [0.25, 0.3) is 0 Å². The minimum Gasteiger partial charge on any atom is -0.349 e. The third kappa shape index (κ3) is 5.85. The smallest absolute Gasteiger partial charge is 0.251 e. The molecule has 7 heteroatoms. The lowest BCUT2D eigenvalue weighted by atomic mass is 10.1. The van der Waals surface area contributed by atoms with Crippen LogP contribution in [-0.2, 0) is 14.6 Å². The standard InChI is InChI=1S/C18H26N2O4S/c1-14(19-18(22)15-7-4-3-5-8-15)13-17(21)20-11-6-9-16(10-12-20)25(2,23)24/h3-5,7-8,14,16H,6,9-13H2,1-2H3,(H,19,22)/t14-,16+/m0/s1. The molecule has 1 aliphatic rings. The van der Waals surface area contributed by atoms with Crippen LogP contribution in [-0.4, -0.2) is 55.8 Å². The molecule has 0 radical (unpaired) electrons. The topological polar surface area (TPSA) is 83.6 Å². The lowest BCUT2D eigenvalue weighted by Crippen LogP contribution is -2.39. The SMILES string of the molecule is C[C@@H](CC(=O)N1CCC[C@@H](S(C)(=O)=O)CC1)NC(=O)c1ccccc1. The van der Waals surface area contributed by atoms with Gasteiger partial charge in [0.15, 0.2) is 0 Å². The maximum absolute atomic E-state index is 12.5. The Morgan fingerprint density at radius 2 is 1.88 bits per heavy atom. The van der Waals surface area contributed by atoms with Crippen LogP contribution >= 0.6 is 0 Å². The van der Waals surface area contributed by atoms with Crippen LogP contribution in [0.4, 0.5) is 0 Å². The van der Waals surface area contributed by atoms with Gasteiger partial charge in [0.2, 0.25) is 5.91 Å². The number of nitrogens with zero attached hydrogens (tertiary/aromatic N) is 1. The zero-order chi connectivity index (χ0) is 18.4. The van der Waals surface area contributed by atoms with Crippen molar-refractivity contribution >= 4 is 21.7 Å². The van der Waals surface area contributed by atoms with Crippen molar-refractivity contribution in [3.05, 3.63) is 35.9 Å². The highest BCUT2D eigenvalue weighted by molar-refractivity contribution is 7.91. The predicted molar refractivity (Wildman–Crippen MR) is 97.1 cm³/mol. The molecule has 0 unspecified atom stereocenters. The van der Waals surface area contributed by atoms with E-state index in [-0.39, 0.29) is 29.5 Å². The van der Waals surface area contributed by atoms with E-state index < -0.39 is 9.84 Å². The zero-order valence-corrected chi connectivity index (χ0v) is 15.6. The molecule has 0 saturated carbocycles. The molecule has 2 atom stereocenters. The average Bonchev–Trinajstić information content (AvgIpc) is 2.81. The van der Waals surface area contributed by atoms with Crippen LogP contribution in [0.15, 0.2) is 30.3 Å². The second kappa shape index (κ2) is 8.47. The third-order valence-corrected chi connectivity index (χ3v) is 6.21. The Morgan fingerprint density at radius 1 is 1.20 bits per heavy atom. The van der Waals surface area contributed by atoms with E-state index in [4.69, 9.17) is 0 Å². The number of hydrogen-bond donors (Lipinski definition) is 1. The largest absolute Gasteiger partial charge is 0.349 e. The highest BCUT2D eigenvalue weighted by Crippen LogP contribution is 2.18. The highest BCUT2D eigenvalue weighted by Gasteiger charge is 2.27. The minimum atomic E-state index is -3.06. The number of benzene rings is 1. The summed E-state index contributed by atoms with van der Waals surface area (Å²) in [5.74, 6) is -0.246. The summed E-state index contributed by atoms with van der Waals surface area (Å²) < 4.78 is 23.4. The summed E-state index contributed by atoms with van der Waals surface area (Å²) >= 11 is 0. The van der Waals surface area contributed by atoms with Crippen molar-refractivity contribution in [2.75, 3.05) is 19.3 Å². The molecular formula is C18H26N2O4S. The summed E-state index contributed by atoms with van der Waals surface area (Å²) in [5.41, 5.74) is 0.563. The second-order valence-electron chi connectivity index (χ2n) is 6.71. The fourth-order valence-electron chi connectivity index (χ4n) is 3.08. The summed E-state index contributed by atoms with van der Waals surface area (Å²) in [7, 11) is -3.06. The highest BCUT2D eigenvalue weighted by atomic mass is 32.2. The predicted octanol–water partition coefficient (Wildman–Crippen LogP) is 1.62. The Balaban J connectivity index is 1.85. The van der Waals surface area contributed by atoms with Gasteiger partial charge in [-0.15, -0.1) is 0 Å². The second-order valence-corrected chi connectivity index (χ2v) is 9.03. The molecule has 2 amide bonds. The van der Waals surface area contributed by atoms with Gasteiger partial charge in [-0.1, -0.05) is 18.2 Å². The number of likely N-dealkylation sites (tertiary alicyclic amines) is 1. The fourth-order valence-corrected chi connectivity index (χ4v) is 4.21. The first-order valence-corrected chi connectivity index (χ1v) is 10.6. The van der Waals surface area contributed by atoms with Gasteiger partial charge in [-0.25, -0.2) is 8.42 Å². The van der Waals surface area contributed by atoms with Crippen molar-refractivity contribution in [1.82, 2.24) is 10.2 Å². The van der Waals surface area contributed by atoms with Crippen LogP contribution in [0.2, 0.25) is 0 Å². The van der Waals surface area contributed by atoms with Crippen molar-refractivity contribution < 1.29 is 18.0 Å². The van der Waals surface area contributed by atoms with E-state index in [1.165, 1.54) is 6.26 Å². The Bertz CT molecular complexity index is 703. The van der Waals surface area contributed by atoms with Crippen LogP contribution in [0.3, 0.4) is 0 Å². The number of amides is 2. The van der Waals surface area contributed by atoms with Gasteiger partial charge in [-0.3, -0.25) is 9.59 Å². The molecule has 138 valence electrons. The number of sulfone groups is 1. The van der Waals surface area contributed by atoms with Crippen LogP contribution < -0.4 is 5.32 Å². The van der Waals surface area contributed by atoms with Crippen LogP contribution in [0.1, 0.15) is 43.0 Å². The van der Waals surface area contributed by atoms with Crippen molar-refractivity contribution in [2.24, 2.45) is 0 Å². The normalized spacial score (nSPS) is 19.8. The first-order valence-electron chi connectivity index (χ1n) is 8.60. The Labute approximate surface area is 149 Å². The lowest BCUT2D eigenvalue weighted by molar-refractivity contribution is -0.131. The van der Waals surface area contributed by atoms with E-state index in [9.17, 15) is 18.0 Å². The van der Waals surface area contributed by atoms with Crippen molar-refractivity contribution in [3.63, 3.8) is 0 Å². The Kier molecular flexibility index (Phi) is 6.58. The first-order chi connectivity index (χ1) is 11.8. The summed E-state index contributed by atoms with van der Waals surface area (Å²) in [6.45, 7) is 2.83. The van der Waals surface area contributed by atoms with E-state index in [1.54, 1.807) is 36.1 Å². The van der Waals surface area contributed by atoms with E-state index in [0.717, 1.165) is 0 Å². The van der Waals surface area contributed by atoms with Gasteiger partial charge < -0.3 is 10.2 Å². The van der Waals surface area contributed by atoms with Gasteiger partial charge in [0.05, 0.1) is 5.25 Å². The van der Waals surface area contributed by atoms with Gasteiger partial charge in [0, 0.05) is 37.4 Å². The zero-order valence-electron chi connectivity index (χ0n) is 14.8. The average molecular weight is 366 g/mol. The molecule has 0 bridgehead atoms. The van der Waals surface area contributed by atoms with Gasteiger partial charge in [-0.05, 0) is 38.3 Å². The van der Waals surface area contributed by atoms with E-state index in [0.29, 0.717) is 37.9 Å². The minimum absolute atomic E-state index is 0.0463. The van der Waals surface area contributed by atoms with Gasteiger partial charge in [-0.2, -0.15) is 0 Å². The Hall–Kier alpha value is -1.89. The molecule has 6 nitrogen and oxygen atoms in total. The van der Waals surface area contributed by atoms with Gasteiger partial charge in [0.25, 0.3) is 5.91 Å². The molecule has 1 heterocycles. The van der Waals surface area contributed by atoms with Crippen molar-refractivity contribution in [1.29, 1.82) is 0 Å². The maximum atomic E-state index is 12.5. The fraction of sp³-hybridized carbons (Fsp3) is 0.556. The van der Waals surface area contributed by atoms with Crippen LogP contribution in [0.5, 0.6) is 0 Å². The molecule has 1 aromatic carbocycles. The van der Waals surface area contributed by atoms with Crippen LogP contribution in [0, 0.1) is 0 Å². The van der Waals surface area contributed by atoms with E-state index >= 15 is 0 Å². The molecule has 1 fully saturated rings. The molecule has 0 spiro atoms. The Morgan fingerprint density at radius 3 is 2.52 bits per heavy atom. The molecule has 1 saturated heterocycles. The first kappa shape index (κ1) is 19.4. The summed E-state index contributed by atoms with van der Waals surface area (Å²) in [5, 5.41) is 2.47. The van der Waals surface area contributed by atoms with Crippen molar-refractivity contribution in [3.8, 4) is 0 Å². The molecule has 2 rings (SSSR count). The molecule has 1 aliphatic heterocycles. The van der Waals surface area contributed by atoms with Crippen molar-refractivity contribution in [2.45, 2.75) is 43.9 Å². The lowest BCUT2D eigenvalue weighted by Gasteiger charge is -2.23. The summed E-state index contributed by atoms with van der Waals surface area (Å²) in [4.78, 5) is 26.3. The molecular weight excluding hydrogens is 340 g/mol. The third-order valence-electron chi connectivity index (χ3n) is 4.53. The maximum Gasteiger partial charge on any atom is 0.251 e. The number of nitrogens with one attached hydrogen (secondary N) is 1. The number of carbonyl (C=O) groups excluding carboxylic acids is 2. The summed E-state index contributed by atoms with van der Waals surface area (Å²) in [6, 6.07) is 8.59. The molecule has 1 aromatic rings. The van der Waals surface area contributed by atoms with Gasteiger partial charge >= 0.3 is 0 Å².